The lowest BCUT2D eigenvalue weighted by Crippen LogP contribution is -2.11. The maximum absolute atomic E-state index is 11.8. The lowest BCUT2D eigenvalue weighted by molar-refractivity contribution is 0.0599. The number of esters is 1. The summed E-state index contributed by atoms with van der Waals surface area (Å²) in [5, 5.41) is 9.10. The number of benzene rings is 2. The van der Waals surface area contributed by atoms with Crippen molar-refractivity contribution in [2.75, 3.05) is 12.8 Å². The number of methoxy groups -OCH3 is 1. The quantitative estimate of drug-likeness (QED) is 0.650. The molecule has 0 bridgehead atoms. The number of aliphatic hydroxyl groups excluding tert-OH is 1. The maximum atomic E-state index is 11.8. The van der Waals surface area contributed by atoms with Gasteiger partial charge in [-0.3, -0.25) is 0 Å². The van der Waals surface area contributed by atoms with Crippen LogP contribution in [0.1, 0.15) is 21.5 Å². The number of carbonyl (C=O) groups excluding carboxylic acids is 1. The van der Waals surface area contributed by atoms with Gasteiger partial charge in [-0.25, -0.2) is 4.79 Å². The number of nitrogens with two attached hydrogens (primary N) is 1. The van der Waals surface area contributed by atoms with E-state index in [2.05, 4.69) is 0 Å². The van der Waals surface area contributed by atoms with Crippen LogP contribution in [-0.4, -0.2) is 18.2 Å². The molecule has 0 atom stereocenters. The van der Waals surface area contributed by atoms with Crippen LogP contribution in [0.2, 0.25) is 0 Å². The summed E-state index contributed by atoms with van der Waals surface area (Å²) in [4.78, 5) is 11.8. The summed E-state index contributed by atoms with van der Waals surface area (Å²) in [5.41, 5.74) is 7.90. The van der Waals surface area contributed by atoms with Crippen LogP contribution in [0.25, 0.3) is 0 Å². The molecule has 0 aliphatic carbocycles. The average molecular weight is 287 g/mol. The minimum absolute atomic E-state index is 0.0527. The first-order valence-electron chi connectivity index (χ1n) is 6.44. The van der Waals surface area contributed by atoms with Crippen molar-refractivity contribution < 1.29 is 19.4 Å². The number of carbonyl (C=O) groups is 1. The maximum Gasteiger partial charge on any atom is 0.340 e. The molecule has 2 rings (SSSR count). The smallest absolute Gasteiger partial charge is 0.340 e. The Balaban J connectivity index is 2.20. The van der Waals surface area contributed by atoms with Gasteiger partial charge >= 0.3 is 5.97 Å². The van der Waals surface area contributed by atoms with Gasteiger partial charge < -0.3 is 20.3 Å². The number of nitrogen functional groups attached to an aromatic ring is 1. The Labute approximate surface area is 122 Å². The first kappa shape index (κ1) is 14.9. The highest BCUT2D eigenvalue weighted by molar-refractivity contribution is 5.96. The van der Waals surface area contributed by atoms with Gasteiger partial charge in [0, 0.05) is 11.3 Å². The van der Waals surface area contributed by atoms with Gasteiger partial charge in [0.15, 0.2) is 0 Å². The fourth-order valence-electron chi connectivity index (χ4n) is 1.99. The molecule has 3 N–H and O–H groups in total. The molecule has 5 heteroatoms. The molecule has 0 heterocycles. The van der Waals surface area contributed by atoms with Crippen molar-refractivity contribution >= 4 is 11.7 Å². The zero-order chi connectivity index (χ0) is 15.2. The fourth-order valence-corrected chi connectivity index (χ4v) is 1.99. The first-order chi connectivity index (χ1) is 10.2. The highest BCUT2D eigenvalue weighted by Crippen LogP contribution is 2.21. The third-order valence-corrected chi connectivity index (χ3v) is 3.05. The molecule has 2 aromatic rings. The number of ether oxygens (including phenoxy) is 2. The molecule has 0 unspecified atom stereocenters. The van der Waals surface area contributed by atoms with E-state index >= 15 is 0 Å². The van der Waals surface area contributed by atoms with E-state index in [1.54, 1.807) is 42.5 Å². The SMILES string of the molecule is COC(=O)c1c(N)cccc1COc1cccc(CO)c1. The van der Waals surface area contributed by atoms with Crippen molar-refractivity contribution in [3.05, 3.63) is 59.2 Å². The largest absolute Gasteiger partial charge is 0.489 e. The number of anilines is 1. The summed E-state index contributed by atoms with van der Waals surface area (Å²) in [6.07, 6.45) is 0. The highest BCUT2D eigenvalue weighted by atomic mass is 16.5. The van der Waals surface area contributed by atoms with Gasteiger partial charge in [-0.1, -0.05) is 24.3 Å². The number of aliphatic hydroxyl groups is 1. The van der Waals surface area contributed by atoms with E-state index in [0.29, 0.717) is 22.6 Å². The van der Waals surface area contributed by atoms with Crippen LogP contribution in [-0.2, 0) is 18.0 Å². The van der Waals surface area contributed by atoms with E-state index in [9.17, 15) is 4.79 Å². The minimum Gasteiger partial charge on any atom is -0.489 e. The summed E-state index contributed by atoms with van der Waals surface area (Å²) in [7, 11) is 1.31. The van der Waals surface area contributed by atoms with Crippen molar-refractivity contribution in [3.8, 4) is 5.75 Å². The van der Waals surface area contributed by atoms with Gasteiger partial charge in [0.1, 0.15) is 12.4 Å². The Hall–Kier alpha value is -2.53. The molecular weight excluding hydrogens is 270 g/mol. The van der Waals surface area contributed by atoms with E-state index in [-0.39, 0.29) is 13.2 Å². The third-order valence-electron chi connectivity index (χ3n) is 3.05. The van der Waals surface area contributed by atoms with Crippen LogP contribution in [0.15, 0.2) is 42.5 Å². The van der Waals surface area contributed by atoms with Gasteiger partial charge in [0.2, 0.25) is 0 Å². The predicted molar refractivity (Wildman–Crippen MR) is 78.9 cm³/mol. The van der Waals surface area contributed by atoms with Crippen LogP contribution >= 0.6 is 0 Å². The second-order valence-electron chi connectivity index (χ2n) is 4.47. The fraction of sp³-hybridized carbons (Fsp3) is 0.188. The zero-order valence-corrected chi connectivity index (χ0v) is 11.7. The van der Waals surface area contributed by atoms with E-state index in [0.717, 1.165) is 5.56 Å². The van der Waals surface area contributed by atoms with Crippen LogP contribution < -0.4 is 10.5 Å². The van der Waals surface area contributed by atoms with Crippen molar-refractivity contribution in [1.82, 2.24) is 0 Å². The van der Waals surface area contributed by atoms with Crippen LogP contribution in [0, 0.1) is 0 Å². The summed E-state index contributed by atoms with van der Waals surface area (Å²) in [5.74, 6) is 0.121. The molecule has 2 aromatic carbocycles. The van der Waals surface area contributed by atoms with E-state index < -0.39 is 5.97 Å². The Morgan fingerprint density at radius 3 is 2.71 bits per heavy atom. The molecule has 5 nitrogen and oxygen atoms in total. The van der Waals surface area contributed by atoms with Gasteiger partial charge in [-0.05, 0) is 23.8 Å². The summed E-state index contributed by atoms with van der Waals surface area (Å²) in [6.45, 7) is 0.132. The second kappa shape index (κ2) is 6.76. The highest BCUT2D eigenvalue weighted by Gasteiger charge is 2.15. The number of rotatable bonds is 5. The Kier molecular flexibility index (Phi) is 4.79. The third kappa shape index (κ3) is 3.52. The van der Waals surface area contributed by atoms with Crippen molar-refractivity contribution in [1.29, 1.82) is 0 Å². The molecule has 0 spiro atoms. The Morgan fingerprint density at radius 1 is 1.24 bits per heavy atom. The second-order valence-corrected chi connectivity index (χ2v) is 4.47. The van der Waals surface area contributed by atoms with Crippen molar-refractivity contribution in [2.45, 2.75) is 13.2 Å². The van der Waals surface area contributed by atoms with E-state index in [4.69, 9.17) is 20.3 Å². The summed E-state index contributed by atoms with van der Waals surface area (Å²) < 4.78 is 10.4. The minimum atomic E-state index is -0.490. The lowest BCUT2D eigenvalue weighted by atomic mass is 10.1. The number of hydrogen-bond acceptors (Lipinski definition) is 5. The van der Waals surface area contributed by atoms with E-state index in [1.165, 1.54) is 7.11 Å². The zero-order valence-electron chi connectivity index (χ0n) is 11.7. The number of hydrogen-bond donors (Lipinski definition) is 2. The molecule has 0 amide bonds. The normalized spacial score (nSPS) is 10.2. The van der Waals surface area contributed by atoms with Crippen molar-refractivity contribution in [2.24, 2.45) is 0 Å². The average Bonchev–Trinajstić information content (AvgIpc) is 2.52. The summed E-state index contributed by atoms with van der Waals surface area (Å²) >= 11 is 0. The molecule has 0 saturated heterocycles. The van der Waals surface area contributed by atoms with Crippen LogP contribution in [0.5, 0.6) is 5.75 Å². The Bertz CT molecular complexity index is 640. The first-order valence-corrected chi connectivity index (χ1v) is 6.44. The van der Waals surface area contributed by atoms with Gasteiger partial charge in [0.25, 0.3) is 0 Å². The molecule has 0 radical (unpaired) electrons. The molecule has 21 heavy (non-hydrogen) atoms. The van der Waals surface area contributed by atoms with E-state index in [1.807, 2.05) is 0 Å². The van der Waals surface area contributed by atoms with Gasteiger partial charge in [0.05, 0.1) is 19.3 Å². The van der Waals surface area contributed by atoms with Crippen LogP contribution in [0.3, 0.4) is 0 Å². The summed E-state index contributed by atoms with van der Waals surface area (Å²) in [6, 6.07) is 12.3. The molecule has 0 saturated carbocycles. The topological polar surface area (TPSA) is 81.8 Å². The molecule has 0 aliphatic rings. The standard InChI is InChI=1S/C16H17NO4/c1-20-16(19)15-12(5-3-7-14(15)17)10-21-13-6-2-4-11(8-13)9-18/h2-8,18H,9-10,17H2,1H3. The molecular formula is C16H17NO4. The Morgan fingerprint density at radius 2 is 2.00 bits per heavy atom. The molecule has 110 valence electrons. The van der Waals surface area contributed by atoms with Crippen LogP contribution in [0.4, 0.5) is 5.69 Å². The van der Waals surface area contributed by atoms with Gasteiger partial charge in [-0.15, -0.1) is 0 Å². The monoisotopic (exact) mass is 287 g/mol. The van der Waals surface area contributed by atoms with Gasteiger partial charge in [-0.2, -0.15) is 0 Å². The molecule has 0 fully saturated rings. The molecule has 0 aromatic heterocycles. The predicted octanol–water partition coefficient (Wildman–Crippen LogP) is 2.13. The molecule has 0 aliphatic heterocycles. The van der Waals surface area contributed by atoms with Crippen molar-refractivity contribution in [3.63, 3.8) is 0 Å². The lowest BCUT2D eigenvalue weighted by Gasteiger charge is -2.12.